The summed E-state index contributed by atoms with van der Waals surface area (Å²) in [4.78, 5) is 82.2. The van der Waals surface area contributed by atoms with Crippen LogP contribution in [0.1, 0.15) is 139 Å². The molecule has 1 aromatic rings. The third-order valence-electron chi connectivity index (χ3n) is 17.0. The quantitative estimate of drug-likeness (QED) is 0.0771. The number of hydrogen-bond donors (Lipinski definition) is 9. The second-order valence-electron chi connectivity index (χ2n) is 23.3. The average Bonchev–Trinajstić information content (AvgIpc) is 3.60. The number of fused-ring (bicyclic) bond motifs is 2. The van der Waals surface area contributed by atoms with Gasteiger partial charge in [-0.05, 0) is 93.9 Å². The van der Waals surface area contributed by atoms with Crippen molar-refractivity contribution in [1.82, 2.24) is 26.4 Å². The van der Waals surface area contributed by atoms with Crippen LogP contribution >= 0.6 is 0 Å². The standard InChI is InChI=1S/C60H90FN5O13/c1-11-42-29-36(6)60(64-55(42)73)40(10)53(71)39(9)51(79-60)32-48(69)34(4)19-14-12-15-20-35(5)50-23-17-13-16-22-47(68)38(8)54(72)43(26-24-37(7)67)56(74)63-52(33(2)3)57(75)62-46(30-41-25-27-44(61)49(70)31-41)58(76)66-28-18-21-45(65-66)59(77)78-50/h12-13,15-17,20,22,25,27,31,33-34,36,38-40,42-43,45-48,50-54,65,68-72H,11,14,18-19,21,23-24,26,28-30,32H2,1-10H3,(H,62,75)(H,63,74)(H,64,73)/b15-12-,17-13+,22-16+,35-20+/t34-,36-,38-,39-,40-,42-,43+,45?,46-,47-,48-,50-,51+,52-,53-,54+,60+/m0/s1. The maximum atomic E-state index is 14.5. The number of carbonyl (C=O) groups excluding carboxylic acids is 6. The number of aliphatic hydroxyl groups is 4. The number of phenolic OH excluding ortho intramolecular Hbond substituents is 1. The van der Waals surface area contributed by atoms with Crippen molar-refractivity contribution in [2.45, 2.75) is 200 Å². The Balaban J connectivity index is 1.36. The molecule has 3 fully saturated rings. The van der Waals surface area contributed by atoms with Gasteiger partial charge in [-0.2, -0.15) is 0 Å². The Labute approximate surface area is 466 Å². The maximum Gasteiger partial charge on any atom is 0.325 e. The van der Waals surface area contributed by atoms with E-state index in [0.29, 0.717) is 49.7 Å². The Hall–Kier alpha value is -5.31. The van der Waals surface area contributed by atoms with Crippen molar-refractivity contribution < 1.29 is 68.2 Å². The van der Waals surface area contributed by atoms with E-state index in [1.165, 1.54) is 24.1 Å². The largest absolute Gasteiger partial charge is 0.505 e. The van der Waals surface area contributed by atoms with Gasteiger partial charge in [0.25, 0.3) is 5.91 Å². The van der Waals surface area contributed by atoms with Gasteiger partial charge < -0.3 is 55.8 Å². The highest BCUT2D eigenvalue weighted by atomic mass is 19.1. The SMILES string of the molecule is CC[C@H]1C[C@H](C)[C@@]2(NC1=O)O[C@H](C[C@H](O)[C@@H](C)CC/C=C\C=C(/C)[C@@H]1C/C=C/C=C/[C@H](O)[C@H](C)[C@@H](O)[C@@H](CCC(C)=O)C(=O)N[C@@H](C(C)C)C(=O)N[C@@H](Cc3ccc(F)c(O)c3)C(=O)N3CCCC(N3)C(=O)O1)[C@H](C)[C@H](O)[C@@H]2C. The molecule has 3 saturated heterocycles. The lowest BCUT2D eigenvalue weighted by molar-refractivity contribution is -0.267. The fourth-order valence-corrected chi connectivity index (χ4v) is 11.3. The highest BCUT2D eigenvalue weighted by molar-refractivity contribution is 5.93. The van der Waals surface area contributed by atoms with Crippen molar-refractivity contribution >= 4 is 35.4 Å². The normalized spacial score (nSPS) is 34.7. The molecular formula is C60H90FN5O13. The summed E-state index contributed by atoms with van der Waals surface area (Å²) < 4.78 is 27.1. The molecule has 18 nitrogen and oxygen atoms in total. The molecule has 79 heavy (non-hydrogen) atoms. The molecule has 0 aliphatic carbocycles. The van der Waals surface area contributed by atoms with Crippen molar-refractivity contribution in [3.8, 4) is 5.75 Å². The summed E-state index contributed by atoms with van der Waals surface area (Å²) in [7, 11) is 0. The number of amides is 4. The topological polar surface area (TPSA) is 273 Å². The minimum atomic E-state index is -1.47. The number of Topliss-reactive ketones (excluding diaryl/α,β-unsaturated/α-hetero) is 1. The maximum absolute atomic E-state index is 14.5. The van der Waals surface area contributed by atoms with Gasteiger partial charge in [0.15, 0.2) is 11.6 Å². The fourth-order valence-electron chi connectivity index (χ4n) is 11.3. The van der Waals surface area contributed by atoms with Crippen LogP contribution in [0.15, 0.2) is 66.3 Å². The summed E-state index contributed by atoms with van der Waals surface area (Å²) in [5.74, 6) is -8.28. The third kappa shape index (κ3) is 16.9. The lowest BCUT2D eigenvalue weighted by Gasteiger charge is -2.56. The minimum absolute atomic E-state index is 0.0341. The molecule has 2 bridgehead atoms. The highest BCUT2D eigenvalue weighted by Crippen LogP contribution is 2.46. The Morgan fingerprint density at radius 1 is 0.962 bits per heavy atom. The molecule has 1 aromatic carbocycles. The molecule has 0 radical (unpaired) electrons. The molecule has 4 amide bonds. The highest BCUT2D eigenvalue weighted by Gasteiger charge is 2.57. The van der Waals surface area contributed by atoms with Gasteiger partial charge in [0.1, 0.15) is 35.7 Å². The Morgan fingerprint density at radius 2 is 1.68 bits per heavy atom. The van der Waals surface area contributed by atoms with Gasteiger partial charge in [0.2, 0.25) is 17.7 Å². The number of hydrogen-bond acceptors (Lipinski definition) is 14. The number of halogens is 1. The average molecular weight is 1110 g/mol. The molecule has 4 heterocycles. The van der Waals surface area contributed by atoms with E-state index in [4.69, 9.17) is 9.47 Å². The lowest BCUT2D eigenvalue weighted by Crippen LogP contribution is -2.71. The van der Waals surface area contributed by atoms with Crippen LogP contribution < -0.4 is 21.4 Å². The molecule has 0 saturated carbocycles. The number of nitrogens with one attached hydrogen (secondary N) is 4. The summed E-state index contributed by atoms with van der Waals surface area (Å²) in [6, 6.07) is -0.0791. The van der Waals surface area contributed by atoms with Crippen LogP contribution in [-0.2, 0) is 44.7 Å². The first-order valence-corrected chi connectivity index (χ1v) is 28.5. The zero-order valence-electron chi connectivity index (χ0n) is 47.9. The number of ketones is 1. The van der Waals surface area contributed by atoms with Crippen molar-refractivity contribution in [3.05, 3.63) is 77.7 Å². The van der Waals surface area contributed by atoms with Gasteiger partial charge in [-0.1, -0.05) is 104 Å². The number of ether oxygens (including phenoxy) is 2. The minimum Gasteiger partial charge on any atom is -0.505 e. The number of aromatic hydroxyl groups is 1. The monoisotopic (exact) mass is 1110 g/mol. The van der Waals surface area contributed by atoms with Crippen molar-refractivity contribution in [3.63, 3.8) is 0 Å². The molecule has 1 unspecified atom stereocenters. The van der Waals surface area contributed by atoms with Gasteiger partial charge in [-0.3, -0.25) is 29.0 Å². The van der Waals surface area contributed by atoms with Gasteiger partial charge in [-0.25, -0.2) is 9.82 Å². The first-order valence-electron chi connectivity index (χ1n) is 28.5. The number of rotatable bonds is 15. The Kier molecular flexibility index (Phi) is 24.0. The van der Waals surface area contributed by atoms with Crippen LogP contribution in [0.4, 0.5) is 4.39 Å². The van der Waals surface area contributed by atoms with Crippen molar-refractivity contribution in [2.75, 3.05) is 6.54 Å². The summed E-state index contributed by atoms with van der Waals surface area (Å²) in [6.45, 7) is 18.0. The van der Waals surface area contributed by atoms with Gasteiger partial charge >= 0.3 is 5.97 Å². The van der Waals surface area contributed by atoms with Crippen LogP contribution in [0.3, 0.4) is 0 Å². The summed E-state index contributed by atoms with van der Waals surface area (Å²) in [6.07, 6.45) is 9.96. The zero-order chi connectivity index (χ0) is 58.5. The summed E-state index contributed by atoms with van der Waals surface area (Å²) in [5.41, 5.74) is 2.95. The van der Waals surface area contributed by atoms with E-state index in [2.05, 4.69) is 21.4 Å². The van der Waals surface area contributed by atoms with E-state index >= 15 is 0 Å². The summed E-state index contributed by atoms with van der Waals surface area (Å²) in [5, 5.41) is 65.8. The van der Waals surface area contributed by atoms with Gasteiger partial charge in [0.05, 0.1) is 36.4 Å². The molecule has 440 valence electrons. The van der Waals surface area contributed by atoms with Crippen LogP contribution in [-0.4, -0.2) is 133 Å². The molecule has 19 heteroatoms. The molecule has 4 aliphatic heterocycles. The molecule has 1 spiro atoms. The Morgan fingerprint density at radius 3 is 2.35 bits per heavy atom. The number of hydrazine groups is 1. The molecule has 5 rings (SSSR count). The van der Waals surface area contributed by atoms with Crippen LogP contribution in [0.2, 0.25) is 0 Å². The number of nitrogens with zero attached hydrogens (tertiary/aromatic N) is 1. The Bertz CT molecular complexity index is 2400. The molecule has 4 aliphatic rings. The summed E-state index contributed by atoms with van der Waals surface area (Å²) >= 11 is 0. The number of esters is 1. The van der Waals surface area contributed by atoms with Crippen LogP contribution in [0.5, 0.6) is 5.75 Å². The van der Waals surface area contributed by atoms with E-state index in [9.17, 15) is 58.7 Å². The number of phenols is 1. The van der Waals surface area contributed by atoms with Crippen molar-refractivity contribution in [1.29, 1.82) is 0 Å². The number of aliphatic hydroxyl groups excluding tert-OH is 4. The number of piperidine rings is 1. The molecular weight excluding hydrogens is 1020 g/mol. The van der Waals surface area contributed by atoms with E-state index in [1.807, 2.05) is 59.8 Å². The second-order valence-corrected chi connectivity index (χ2v) is 23.3. The number of benzene rings is 1. The van der Waals surface area contributed by atoms with Gasteiger partial charge in [-0.15, -0.1) is 0 Å². The molecule has 9 N–H and O–H groups in total. The smallest absolute Gasteiger partial charge is 0.325 e. The second kappa shape index (κ2) is 29.4. The van der Waals surface area contributed by atoms with E-state index in [-0.39, 0.29) is 79.9 Å². The van der Waals surface area contributed by atoms with Crippen LogP contribution in [0, 0.1) is 53.2 Å². The predicted octanol–water partition coefficient (Wildman–Crippen LogP) is 5.55. The number of carbonyl (C=O) groups is 6. The van der Waals surface area contributed by atoms with Crippen LogP contribution in [0.25, 0.3) is 0 Å². The molecule has 0 aromatic heterocycles. The van der Waals surface area contributed by atoms with E-state index < -0.39 is 113 Å². The lowest BCUT2D eigenvalue weighted by atomic mass is 9.69. The predicted molar refractivity (Wildman–Crippen MR) is 295 cm³/mol. The van der Waals surface area contributed by atoms with Gasteiger partial charge in [0, 0.05) is 61.8 Å². The van der Waals surface area contributed by atoms with E-state index in [0.717, 1.165) is 12.1 Å². The number of allylic oxidation sites excluding steroid dienone is 5. The fraction of sp³-hybridized carbons (Fsp3) is 0.667. The van der Waals surface area contributed by atoms with E-state index in [1.54, 1.807) is 39.0 Å². The third-order valence-corrected chi connectivity index (χ3v) is 17.0. The number of cyclic esters (lactones) is 1. The zero-order valence-corrected chi connectivity index (χ0v) is 47.9. The first kappa shape index (κ1) is 64.5. The molecule has 17 atom stereocenters. The van der Waals surface area contributed by atoms with Crippen molar-refractivity contribution in [2.24, 2.45) is 47.3 Å². The first-order chi connectivity index (χ1) is 37.3.